The molecule has 2 N–H and O–H groups in total. The van der Waals surface area contributed by atoms with Crippen molar-refractivity contribution in [2.45, 2.75) is 59.0 Å². The molecular formula is C24H27FN4O4. The number of pyridine rings is 1. The van der Waals surface area contributed by atoms with E-state index in [1.54, 1.807) is 12.1 Å². The third kappa shape index (κ3) is 5.30. The molecule has 4 rings (SSSR count). The first kappa shape index (κ1) is 22.7. The lowest BCUT2D eigenvalue weighted by Crippen LogP contribution is -2.47. The number of para-hydroxylation sites is 1. The van der Waals surface area contributed by atoms with Crippen molar-refractivity contribution >= 4 is 22.9 Å². The Morgan fingerprint density at radius 2 is 1.97 bits per heavy atom. The van der Waals surface area contributed by atoms with Gasteiger partial charge in [0.1, 0.15) is 0 Å². The van der Waals surface area contributed by atoms with Crippen LogP contribution in [0.1, 0.15) is 68.2 Å². The van der Waals surface area contributed by atoms with Crippen molar-refractivity contribution in [3.63, 3.8) is 0 Å². The zero-order chi connectivity index (χ0) is 23.8. The average Bonchev–Trinajstić information content (AvgIpc) is 3.54. The van der Waals surface area contributed by atoms with Gasteiger partial charge in [0.15, 0.2) is 17.7 Å². The Bertz CT molecular complexity index is 1200. The van der Waals surface area contributed by atoms with Crippen molar-refractivity contribution in [2.75, 3.05) is 0 Å². The van der Waals surface area contributed by atoms with Gasteiger partial charge in [-0.25, -0.2) is 9.37 Å². The molecular weight excluding hydrogens is 427 g/mol. The Balaban J connectivity index is 1.52. The zero-order valence-corrected chi connectivity index (χ0v) is 19.1. The lowest BCUT2D eigenvalue weighted by atomic mass is 9.89. The fraction of sp³-hybridized carbons (Fsp3) is 0.417. The van der Waals surface area contributed by atoms with Gasteiger partial charge in [-0.3, -0.25) is 20.4 Å². The second-order valence-corrected chi connectivity index (χ2v) is 9.55. The highest BCUT2D eigenvalue weighted by atomic mass is 19.1. The molecule has 1 aliphatic rings. The van der Waals surface area contributed by atoms with Crippen molar-refractivity contribution in [1.29, 1.82) is 0 Å². The summed E-state index contributed by atoms with van der Waals surface area (Å²) in [6.45, 7) is 7.66. The minimum atomic E-state index is -1.03. The molecule has 0 spiro atoms. The molecule has 2 amide bonds. The summed E-state index contributed by atoms with van der Waals surface area (Å²) in [6.07, 6.45) is 1.56. The van der Waals surface area contributed by atoms with Gasteiger partial charge >= 0.3 is 0 Å². The lowest BCUT2D eigenvalue weighted by molar-refractivity contribution is -0.128. The summed E-state index contributed by atoms with van der Waals surface area (Å²) < 4.78 is 24.6. The maximum Gasteiger partial charge on any atom is 0.279 e. The van der Waals surface area contributed by atoms with Gasteiger partial charge in [-0.05, 0) is 49.8 Å². The number of amides is 2. The van der Waals surface area contributed by atoms with Crippen LogP contribution in [0, 0.1) is 11.2 Å². The van der Waals surface area contributed by atoms with Gasteiger partial charge in [0, 0.05) is 11.6 Å². The number of ether oxygens (including phenoxy) is 1. The maximum absolute atomic E-state index is 13.8. The SMILES string of the molecule is CC(Oc1ccccc1F)C(=O)NNC(=O)c1cc(C2CC2)nc2onc(CC(C)(C)C)c12. The van der Waals surface area contributed by atoms with Crippen molar-refractivity contribution in [3.8, 4) is 5.75 Å². The monoisotopic (exact) mass is 454 g/mol. The van der Waals surface area contributed by atoms with E-state index in [0.29, 0.717) is 34.7 Å². The highest BCUT2D eigenvalue weighted by Gasteiger charge is 2.30. The van der Waals surface area contributed by atoms with Gasteiger partial charge in [-0.1, -0.05) is 38.1 Å². The number of fused-ring (bicyclic) bond motifs is 1. The molecule has 1 aliphatic carbocycles. The third-order valence-corrected chi connectivity index (χ3v) is 5.28. The molecule has 1 aromatic carbocycles. The standard InChI is InChI=1S/C24H27FN4O4/c1-13(32-19-8-6-5-7-16(19)25)21(30)27-28-22(31)15-11-17(14-9-10-14)26-23-20(15)18(29-33-23)12-24(2,3)4/h5-8,11,13-14H,9-10,12H2,1-4H3,(H,27,30)(H,28,31). The van der Waals surface area contributed by atoms with Crippen LogP contribution < -0.4 is 15.6 Å². The number of carbonyl (C=O) groups excluding carboxylic acids is 2. The van der Waals surface area contributed by atoms with Crippen molar-refractivity contribution < 1.29 is 23.2 Å². The van der Waals surface area contributed by atoms with E-state index >= 15 is 0 Å². The van der Waals surface area contributed by atoms with Crippen LogP contribution in [0.5, 0.6) is 5.75 Å². The fourth-order valence-corrected chi connectivity index (χ4v) is 3.49. The number of halogens is 1. The van der Waals surface area contributed by atoms with Crippen LogP contribution in [0.3, 0.4) is 0 Å². The number of rotatable bonds is 6. The Kier molecular flexibility index (Phi) is 6.05. The smallest absolute Gasteiger partial charge is 0.279 e. The van der Waals surface area contributed by atoms with E-state index in [-0.39, 0.29) is 11.2 Å². The molecule has 2 heterocycles. The Morgan fingerprint density at radius 3 is 2.64 bits per heavy atom. The predicted octanol–water partition coefficient (Wildman–Crippen LogP) is 4.06. The molecule has 0 saturated heterocycles. The maximum atomic E-state index is 13.8. The molecule has 1 unspecified atom stereocenters. The van der Waals surface area contributed by atoms with E-state index in [4.69, 9.17) is 9.26 Å². The number of nitrogens with zero attached hydrogens (tertiary/aromatic N) is 2. The lowest BCUT2D eigenvalue weighted by Gasteiger charge is -2.17. The summed E-state index contributed by atoms with van der Waals surface area (Å²) in [5, 5.41) is 4.70. The summed E-state index contributed by atoms with van der Waals surface area (Å²) in [5.41, 5.74) is 6.76. The van der Waals surface area contributed by atoms with Gasteiger partial charge in [-0.15, -0.1) is 0 Å². The summed E-state index contributed by atoms with van der Waals surface area (Å²) in [7, 11) is 0. The van der Waals surface area contributed by atoms with E-state index < -0.39 is 23.7 Å². The third-order valence-electron chi connectivity index (χ3n) is 5.28. The summed E-state index contributed by atoms with van der Waals surface area (Å²) in [6, 6.07) is 7.53. The van der Waals surface area contributed by atoms with Gasteiger partial charge < -0.3 is 9.26 Å². The molecule has 1 fully saturated rings. The Labute approximate surface area is 190 Å². The molecule has 8 nitrogen and oxygen atoms in total. The normalized spacial score (nSPS) is 14.7. The number of nitrogens with one attached hydrogen (secondary N) is 2. The highest BCUT2D eigenvalue weighted by Crippen LogP contribution is 2.40. The Morgan fingerprint density at radius 1 is 1.24 bits per heavy atom. The average molecular weight is 455 g/mol. The summed E-state index contributed by atoms with van der Waals surface area (Å²) in [4.78, 5) is 30.1. The molecule has 1 saturated carbocycles. The van der Waals surface area contributed by atoms with Gasteiger partial charge in [0.2, 0.25) is 0 Å². The van der Waals surface area contributed by atoms with Crippen LogP contribution in [-0.4, -0.2) is 28.1 Å². The highest BCUT2D eigenvalue weighted by molar-refractivity contribution is 6.06. The molecule has 2 aromatic heterocycles. The van der Waals surface area contributed by atoms with Crippen LogP contribution in [0.2, 0.25) is 0 Å². The van der Waals surface area contributed by atoms with Crippen molar-refractivity contribution in [3.05, 3.63) is 53.1 Å². The van der Waals surface area contributed by atoms with Crippen molar-refractivity contribution in [2.24, 2.45) is 5.41 Å². The largest absolute Gasteiger partial charge is 0.478 e. The van der Waals surface area contributed by atoms with E-state index in [1.165, 1.54) is 25.1 Å². The quantitative estimate of drug-likeness (QED) is 0.544. The molecule has 0 aliphatic heterocycles. The van der Waals surface area contributed by atoms with E-state index in [2.05, 4.69) is 41.8 Å². The van der Waals surface area contributed by atoms with E-state index in [9.17, 15) is 14.0 Å². The second kappa shape index (κ2) is 8.80. The van der Waals surface area contributed by atoms with Crippen LogP contribution in [0.15, 0.2) is 34.9 Å². The molecule has 9 heteroatoms. The number of benzene rings is 1. The van der Waals surface area contributed by atoms with Gasteiger partial charge in [0.25, 0.3) is 17.5 Å². The first-order chi connectivity index (χ1) is 15.6. The summed E-state index contributed by atoms with van der Waals surface area (Å²) in [5.74, 6) is -1.48. The van der Waals surface area contributed by atoms with Gasteiger partial charge in [-0.2, -0.15) is 0 Å². The first-order valence-electron chi connectivity index (χ1n) is 10.9. The molecule has 1 atom stereocenters. The topological polar surface area (TPSA) is 106 Å². The second-order valence-electron chi connectivity index (χ2n) is 9.55. The van der Waals surface area contributed by atoms with E-state index in [1.807, 2.05) is 0 Å². The minimum absolute atomic E-state index is 0.0484. The Hall–Kier alpha value is -3.49. The minimum Gasteiger partial charge on any atom is -0.478 e. The van der Waals surface area contributed by atoms with Crippen LogP contribution in [0.4, 0.5) is 4.39 Å². The zero-order valence-electron chi connectivity index (χ0n) is 19.1. The molecule has 3 aromatic rings. The number of aromatic nitrogens is 2. The molecule has 0 bridgehead atoms. The number of hydrazine groups is 1. The van der Waals surface area contributed by atoms with Crippen molar-refractivity contribution in [1.82, 2.24) is 21.0 Å². The summed E-state index contributed by atoms with van der Waals surface area (Å²) >= 11 is 0. The van der Waals surface area contributed by atoms with Crippen LogP contribution in [-0.2, 0) is 11.2 Å². The van der Waals surface area contributed by atoms with Crippen LogP contribution >= 0.6 is 0 Å². The number of hydrogen-bond acceptors (Lipinski definition) is 6. The predicted molar refractivity (Wildman–Crippen MR) is 119 cm³/mol. The van der Waals surface area contributed by atoms with Crippen LogP contribution in [0.25, 0.3) is 11.1 Å². The molecule has 33 heavy (non-hydrogen) atoms. The number of carbonyl (C=O) groups is 2. The molecule has 0 radical (unpaired) electrons. The fourth-order valence-electron chi connectivity index (χ4n) is 3.49. The number of hydrogen-bond donors (Lipinski definition) is 2. The first-order valence-corrected chi connectivity index (χ1v) is 10.9. The van der Waals surface area contributed by atoms with Gasteiger partial charge in [0.05, 0.1) is 16.6 Å². The van der Waals surface area contributed by atoms with E-state index in [0.717, 1.165) is 18.5 Å². The molecule has 174 valence electrons.